The van der Waals surface area contributed by atoms with E-state index in [9.17, 15) is 8.42 Å². The zero-order valence-electron chi connectivity index (χ0n) is 14.3. The van der Waals surface area contributed by atoms with Crippen LogP contribution in [0.5, 0.6) is 0 Å². The van der Waals surface area contributed by atoms with Crippen LogP contribution in [0.25, 0.3) is 5.65 Å². The third-order valence-corrected chi connectivity index (χ3v) is 5.81. The van der Waals surface area contributed by atoms with Crippen LogP contribution in [0.4, 0.5) is 5.82 Å². The van der Waals surface area contributed by atoms with Gasteiger partial charge >= 0.3 is 0 Å². The van der Waals surface area contributed by atoms with Crippen LogP contribution in [0.2, 0.25) is 0 Å². The fourth-order valence-electron chi connectivity index (χ4n) is 2.97. The molecule has 0 saturated heterocycles. The molecule has 0 unspecified atom stereocenters. The highest BCUT2D eigenvalue weighted by Gasteiger charge is 2.28. The van der Waals surface area contributed by atoms with E-state index in [1.54, 1.807) is 36.0 Å². The van der Waals surface area contributed by atoms with Crippen LogP contribution in [0.3, 0.4) is 0 Å². The van der Waals surface area contributed by atoms with Crippen LogP contribution in [0.1, 0.15) is 11.3 Å². The van der Waals surface area contributed by atoms with Crippen LogP contribution in [-0.4, -0.2) is 54.3 Å². The summed E-state index contributed by atoms with van der Waals surface area (Å²) in [7, 11) is 0.125. The molecule has 0 fully saturated rings. The van der Waals surface area contributed by atoms with Crippen molar-refractivity contribution in [1.82, 2.24) is 19.5 Å². The first-order valence-corrected chi connectivity index (χ1v) is 9.65. The van der Waals surface area contributed by atoms with Crippen molar-refractivity contribution in [1.29, 1.82) is 0 Å². The molecule has 0 bridgehead atoms. The Morgan fingerprint density at radius 2 is 2.20 bits per heavy atom. The molecule has 2 aromatic rings. The molecular weight excluding hydrogens is 340 g/mol. The summed E-state index contributed by atoms with van der Waals surface area (Å²) in [4.78, 5) is 6.74. The lowest BCUT2D eigenvalue weighted by atomic mass is 10.1. The monoisotopic (exact) mass is 362 g/mol. The molecule has 0 radical (unpaired) electrons. The summed E-state index contributed by atoms with van der Waals surface area (Å²) in [6.45, 7) is 1.68. The first-order chi connectivity index (χ1) is 12.0. The molecule has 3 rings (SSSR count). The molecule has 0 atom stereocenters. The van der Waals surface area contributed by atoms with Gasteiger partial charge in [0, 0.05) is 38.3 Å². The second-order valence-electron chi connectivity index (χ2n) is 5.98. The molecule has 2 aromatic heterocycles. The number of likely N-dealkylation sites (N-methyl/N-ethyl adjacent to an activating group) is 1. The van der Waals surface area contributed by atoms with Gasteiger partial charge in [0.1, 0.15) is 0 Å². The molecule has 8 nitrogen and oxygen atoms in total. The zero-order valence-corrected chi connectivity index (χ0v) is 15.1. The number of nitrogens with zero attached hydrogens (tertiary/aromatic N) is 4. The number of allylic oxidation sites excluding steroid dienone is 2. The molecule has 0 aromatic carbocycles. The SMILES string of the molecule is CNc1nn2c3c(cnc2c1S(=O)(=O)C/C=C\C=C/N)CN(C)CC3. The van der Waals surface area contributed by atoms with Crippen molar-refractivity contribution in [3.05, 3.63) is 41.9 Å². The molecule has 0 amide bonds. The van der Waals surface area contributed by atoms with Gasteiger partial charge in [-0.3, -0.25) is 0 Å². The highest BCUT2D eigenvalue weighted by Crippen LogP contribution is 2.28. The molecule has 3 N–H and O–H groups in total. The standard InChI is InChI=1S/C16H22N6O2S/c1-18-15-14(25(23,24)9-5-3-4-7-17)16-19-10-12-11-21(2)8-6-13(12)22(16)20-15/h3-5,7,10H,6,8-9,11,17H2,1-2H3,(H,18,20)/b5-3-,7-4-. The highest BCUT2D eigenvalue weighted by molar-refractivity contribution is 7.92. The topological polar surface area (TPSA) is 106 Å². The molecule has 134 valence electrons. The molecule has 25 heavy (non-hydrogen) atoms. The maximum atomic E-state index is 12.8. The number of nitrogens with one attached hydrogen (secondary N) is 1. The van der Waals surface area contributed by atoms with Gasteiger partial charge in [0.25, 0.3) is 0 Å². The summed E-state index contributed by atoms with van der Waals surface area (Å²) in [5.74, 6) is 0.178. The van der Waals surface area contributed by atoms with Gasteiger partial charge in [-0.25, -0.2) is 17.9 Å². The van der Waals surface area contributed by atoms with Crippen LogP contribution in [-0.2, 0) is 22.8 Å². The van der Waals surface area contributed by atoms with Crippen LogP contribution in [0, 0.1) is 0 Å². The van der Waals surface area contributed by atoms with E-state index in [4.69, 9.17) is 5.73 Å². The van der Waals surface area contributed by atoms with Crippen molar-refractivity contribution in [2.45, 2.75) is 17.9 Å². The third kappa shape index (κ3) is 3.24. The molecule has 0 saturated carbocycles. The Kier molecular flexibility index (Phi) is 4.78. The van der Waals surface area contributed by atoms with Crippen molar-refractivity contribution in [2.75, 3.05) is 31.7 Å². The average Bonchev–Trinajstić information content (AvgIpc) is 2.98. The molecule has 3 heterocycles. The average molecular weight is 362 g/mol. The normalized spacial score (nSPS) is 16.1. The van der Waals surface area contributed by atoms with Gasteiger partial charge < -0.3 is 16.0 Å². The summed E-state index contributed by atoms with van der Waals surface area (Å²) in [5.41, 5.74) is 7.71. The fourth-order valence-corrected chi connectivity index (χ4v) is 4.36. The number of fused-ring (bicyclic) bond motifs is 3. The Labute approximate surface area is 146 Å². The molecular formula is C16H22N6O2S. The Balaban J connectivity index is 2.12. The van der Waals surface area contributed by atoms with E-state index in [1.807, 2.05) is 7.05 Å². The predicted molar refractivity (Wildman–Crippen MR) is 97.1 cm³/mol. The van der Waals surface area contributed by atoms with E-state index < -0.39 is 9.84 Å². The Bertz CT molecular complexity index is 945. The van der Waals surface area contributed by atoms with Gasteiger partial charge in [-0.1, -0.05) is 12.2 Å². The van der Waals surface area contributed by atoms with E-state index in [1.165, 1.54) is 6.20 Å². The number of nitrogens with two attached hydrogens (primary N) is 1. The Hall–Kier alpha value is -2.39. The fraction of sp³-hybridized carbons (Fsp3) is 0.375. The van der Waals surface area contributed by atoms with Crippen molar-refractivity contribution in [3.63, 3.8) is 0 Å². The van der Waals surface area contributed by atoms with Gasteiger partial charge in [-0.05, 0) is 19.3 Å². The summed E-state index contributed by atoms with van der Waals surface area (Å²) in [5, 5.41) is 7.36. The Morgan fingerprint density at radius 1 is 1.40 bits per heavy atom. The van der Waals surface area contributed by atoms with Crippen molar-refractivity contribution >= 4 is 21.3 Å². The highest BCUT2D eigenvalue weighted by atomic mass is 32.2. The minimum atomic E-state index is -3.58. The number of hydrogen-bond donors (Lipinski definition) is 2. The maximum Gasteiger partial charge on any atom is 0.189 e. The van der Waals surface area contributed by atoms with Gasteiger partial charge in [0.05, 0.1) is 11.4 Å². The second-order valence-corrected chi connectivity index (χ2v) is 7.95. The third-order valence-electron chi connectivity index (χ3n) is 4.18. The van der Waals surface area contributed by atoms with Gasteiger partial charge in [-0.2, -0.15) is 0 Å². The van der Waals surface area contributed by atoms with Gasteiger partial charge in [0.15, 0.2) is 26.2 Å². The molecule has 1 aliphatic rings. The number of sulfone groups is 1. The number of rotatable bonds is 5. The van der Waals surface area contributed by atoms with Crippen LogP contribution in [0.15, 0.2) is 35.5 Å². The summed E-state index contributed by atoms with van der Waals surface area (Å²) in [6, 6.07) is 0. The van der Waals surface area contributed by atoms with Gasteiger partial charge in [-0.15, -0.1) is 5.10 Å². The second kappa shape index (κ2) is 6.85. The van der Waals surface area contributed by atoms with E-state index in [0.29, 0.717) is 11.5 Å². The molecule has 0 spiro atoms. The van der Waals surface area contributed by atoms with Crippen LogP contribution < -0.4 is 11.1 Å². The molecule has 9 heteroatoms. The minimum Gasteiger partial charge on any atom is -0.405 e. The smallest absolute Gasteiger partial charge is 0.189 e. The van der Waals surface area contributed by atoms with Crippen LogP contribution >= 0.6 is 0 Å². The van der Waals surface area contributed by atoms with Crippen molar-refractivity contribution < 1.29 is 8.42 Å². The summed E-state index contributed by atoms with van der Waals surface area (Å²) < 4.78 is 27.3. The first kappa shape index (κ1) is 17.4. The van der Waals surface area contributed by atoms with E-state index in [0.717, 1.165) is 30.8 Å². The van der Waals surface area contributed by atoms with Gasteiger partial charge in [0.2, 0.25) is 0 Å². The lowest BCUT2D eigenvalue weighted by Gasteiger charge is -2.24. The number of hydrogen-bond acceptors (Lipinski definition) is 7. The molecule has 0 aliphatic carbocycles. The Morgan fingerprint density at radius 3 is 2.92 bits per heavy atom. The quantitative estimate of drug-likeness (QED) is 0.749. The predicted octanol–water partition coefficient (Wildman–Crippen LogP) is 0.561. The van der Waals surface area contributed by atoms with E-state index in [2.05, 4.69) is 20.3 Å². The largest absolute Gasteiger partial charge is 0.405 e. The first-order valence-electron chi connectivity index (χ1n) is 8.00. The van der Waals surface area contributed by atoms with E-state index in [-0.39, 0.29) is 10.6 Å². The van der Waals surface area contributed by atoms with Crippen molar-refractivity contribution in [3.8, 4) is 0 Å². The lowest BCUT2D eigenvalue weighted by molar-refractivity contribution is 0.307. The maximum absolute atomic E-state index is 12.8. The van der Waals surface area contributed by atoms with E-state index >= 15 is 0 Å². The zero-order chi connectivity index (χ0) is 18.0. The number of aromatic nitrogens is 3. The summed E-state index contributed by atoms with van der Waals surface area (Å²) >= 11 is 0. The number of anilines is 1. The molecule has 1 aliphatic heterocycles. The van der Waals surface area contributed by atoms with Crippen molar-refractivity contribution in [2.24, 2.45) is 5.73 Å². The minimum absolute atomic E-state index is 0.137. The summed E-state index contributed by atoms with van der Waals surface area (Å²) in [6.07, 6.45) is 8.64. The lowest BCUT2D eigenvalue weighted by Crippen LogP contribution is -2.28.